The minimum Gasteiger partial charge on any atom is -0.391 e. The fourth-order valence-corrected chi connectivity index (χ4v) is 1.24. The summed E-state index contributed by atoms with van der Waals surface area (Å²) in [6.07, 6.45) is 0.918. The van der Waals surface area contributed by atoms with E-state index in [0.717, 1.165) is 5.56 Å². The Kier molecular flexibility index (Phi) is 5.96. The van der Waals surface area contributed by atoms with Crippen molar-refractivity contribution in [2.24, 2.45) is 0 Å². The highest BCUT2D eigenvalue weighted by molar-refractivity contribution is 5.85. The Morgan fingerprint density at radius 2 is 1.82 bits per heavy atom. The second-order valence-electron chi connectivity index (χ2n) is 3.57. The largest absolute Gasteiger partial charge is 0.391 e. The van der Waals surface area contributed by atoms with Gasteiger partial charge in [0.05, 0.1) is 6.61 Å². The van der Waals surface area contributed by atoms with E-state index in [4.69, 9.17) is 4.74 Å². The normalized spacial score (nSPS) is 9.94. The lowest BCUT2D eigenvalue weighted by Gasteiger charge is -2.04. The van der Waals surface area contributed by atoms with E-state index in [0.29, 0.717) is 13.0 Å². The lowest BCUT2D eigenvalue weighted by Crippen LogP contribution is -2.17. The number of hydrogen-bond donors (Lipinski definition) is 0. The highest BCUT2D eigenvalue weighted by atomic mass is 16.6. The van der Waals surface area contributed by atoms with Crippen molar-refractivity contribution >= 4 is 11.9 Å². The van der Waals surface area contributed by atoms with Gasteiger partial charge in [0.2, 0.25) is 0 Å². The van der Waals surface area contributed by atoms with Gasteiger partial charge in [0.25, 0.3) is 0 Å². The maximum Gasteiger partial charge on any atom is 0.339 e. The number of carbonyl (C=O) groups excluding carboxylic acids is 2. The highest BCUT2D eigenvalue weighted by Gasteiger charge is 2.09. The SMILES string of the molecule is CCCC(=O)OC(=O)COCc1ccccc1. The van der Waals surface area contributed by atoms with Crippen LogP contribution in [0.5, 0.6) is 0 Å². The van der Waals surface area contributed by atoms with Crippen molar-refractivity contribution in [2.45, 2.75) is 26.4 Å². The molecule has 0 N–H and O–H groups in total. The van der Waals surface area contributed by atoms with Gasteiger partial charge in [0.1, 0.15) is 6.61 Å². The predicted molar refractivity (Wildman–Crippen MR) is 62.1 cm³/mol. The van der Waals surface area contributed by atoms with Crippen LogP contribution in [0.1, 0.15) is 25.3 Å². The maximum absolute atomic E-state index is 11.2. The molecule has 0 saturated heterocycles. The molecule has 92 valence electrons. The molecule has 0 unspecified atom stereocenters. The number of benzene rings is 1. The molecule has 0 aliphatic heterocycles. The van der Waals surface area contributed by atoms with Crippen molar-refractivity contribution in [1.82, 2.24) is 0 Å². The second kappa shape index (κ2) is 7.57. The van der Waals surface area contributed by atoms with E-state index in [9.17, 15) is 9.59 Å². The summed E-state index contributed by atoms with van der Waals surface area (Å²) in [5.41, 5.74) is 0.972. The average molecular weight is 236 g/mol. The van der Waals surface area contributed by atoms with Crippen LogP contribution in [0.3, 0.4) is 0 Å². The van der Waals surface area contributed by atoms with Crippen molar-refractivity contribution in [3.05, 3.63) is 35.9 Å². The summed E-state index contributed by atoms with van der Waals surface area (Å²) in [5.74, 6) is -1.14. The topological polar surface area (TPSA) is 52.6 Å². The highest BCUT2D eigenvalue weighted by Crippen LogP contribution is 2.00. The van der Waals surface area contributed by atoms with Gasteiger partial charge in [0.15, 0.2) is 0 Å². The molecule has 0 bridgehead atoms. The molecule has 0 atom stereocenters. The molecular formula is C13H16O4. The van der Waals surface area contributed by atoms with Crippen molar-refractivity contribution in [3.63, 3.8) is 0 Å². The Morgan fingerprint density at radius 3 is 2.47 bits per heavy atom. The number of hydrogen-bond acceptors (Lipinski definition) is 4. The van der Waals surface area contributed by atoms with E-state index < -0.39 is 11.9 Å². The van der Waals surface area contributed by atoms with Gasteiger partial charge in [-0.05, 0) is 12.0 Å². The van der Waals surface area contributed by atoms with Crippen LogP contribution in [-0.4, -0.2) is 18.5 Å². The van der Waals surface area contributed by atoms with Crippen molar-refractivity contribution in [1.29, 1.82) is 0 Å². The number of ether oxygens (including phenoxy) is 2. The van der Waals surface area contributed by atoms with Gasteiger partial charge in [-0.25, -0.2) is 4.79 Å². The van der Waals surface area contributed by atoms with Crippen molar-refractivity contribution in [2.75, 3.05) is 6.61 Å². The lowest BCUT2D eigenvalue weighted by atomic mass is 10.2. The minimum atomic E-state index is -0.639. The molecule has 17 heavy (non-hydrogen) atoms. The predicted octanol–water partition coefficient (Wildman–Crippen LogP) is 2.07. The van der Waals surface area contributed by atoms with Crippen LogP contribution in [0.15, 0.2) is 30.3 Å². The number of rotatable bonds is 6. The third-order valence-electron chi connectivity index (χ3n) is 2.01. The minimum absolute atomic E-state index is 0.204. The van der Waals surface area contributed by atoms with E-state index in [1.165, 1.54) is 0 Å². The molecular weight excluding hydrogens is 220 g/mol. The first-order valence-corrected chi connectivity index (χ1v) is 5.57. The first-order valence-electron chi connectivity index (χ1n) is 5.57. The summed E-state index contributed by atoms with van der Waals surface area (Å²) < 4.78 is 9.66. The van der Waals surface area contributed by atoms with Gasteiger partial charge in [-0.3, -0.25) is 4.79 Å². The van der Waals surface area contributed by atoms with E-state index >= 15 is 0 Å². The molecule has 4 heteroatoms. The van der Waals surface area contributed by atoms with Crippen LogP contribution >= 0.6 is 0 Å². The number of esters is 2. The zero-order chi connectivity index (χ0) is 12.5. The zero-order valence-corrected chi connectivity index (χ0v) is 9.85. The Balaban J connectivity index is 2.18. The molecule has 1 aromatic carbocycles. The Hall–Kier alpha value is -1.68. The van der Waals surface area contributed by atoms with Crippen LogP contribution in [0.4, 0.5) is 0 Å². The first-order chi connectivity index (χ1) is 8.22. The standard InChI is InChI=1S/C13H16O4/c1-2-6-12(14)17-13(15)10-16-9-11-7-4-3-5-8-11/h3-5,7-8H,2,6,9-10H2,1H3. The summed E-state index contributed by atoms with van der Waals surface area (Å²) in [6, 6.07) is 9.48. The second-order valence-corrected chi connectivity index (χ2v) is 3.57. The van der Waals surface area contributed by atoms with Crippen LogP contribution in [0, 0.1) is 0 Å². The van der Waals surface area contributed by atoms with Gasteiger partial charge in [-0.15, -0.1) is 0 Å². The summed E-state index contributed by atoms with van der Waals surface area (Å²) in [5, 5.41) is 0. The molecule has 0 heterocycles. The Labute approximate surface area is 101 Å². The fourth-order valence-electron chi connectivity index (χ4n) is 1.24. The van der Waals surface area contributed by atoms with Gasteiger partial charge in [-0.2, -0.15) is 0 Å². The third-order valence-corrected chi connectivity index (χ3v) is 2.01. The molecule has 0 aromatic heterocycles. The van der Waals surface area contributed by atoms with Crippen LogP contribution in [0.2, 0.25) is 0 Å². The Morgan fingerprint density at radius 1 is 1.12 bits per heavy atom. The number of carbonyl (C=O) groups is 2. The molecule has 1 rings (SSSR count). The van der Waals surface area contributed by atoms with Gasteiger partial charge < -0.3 is 9.47 Å². The average Bonchev–Trinajstić information content (AvgIpc) is 2.30. The molecule has 0 aliphatic rings. The third kappa shape index (κ3) is 5.82. The molecule has 4 nitrogen and oxygen atoms in total. The monoisotopic (exact) mass is 236 g/mol. The Bertz CT molecular complexity index is 359. The van der Waals surface area contributed by atoms with E-state index in [-0.39, 0.29) is 13.0 Å². The summed E-state index contributed by atoms with van der Waals surface area (Å²) in [7, 11) is 0. The van der Waals surface area contributed by atoms with Gasteiger partial charge >= 0.3 is 11.9 Å². The van der Waals surface area contributed by atoms with E-state index in [1.54, 1.807) is 0 Å². The van der Waals surface area contributed by atoms with Gasteiger partial charge in [-0.1, -0.05) is 37.3 Å². The quantitative estimate of drug-likeness (QED) is 0.560. The zero-order valence-electron chi connectivity index (χ0n) is 9.85. The smallest absolute Gasteiger partial charge is 0.339 e. The molecule has 0 saturated carbocycles. The summed E-state index contributed by atoms with van der Waals surface area (Å²) >= 11 is 0. The summed E-state index contributed by atoms with van der Waals surface area (Å²) in [6.45, 7) is 1.97. The molecule has 0 radical (unpaired) electrons. The van der Waals surface area contributed by atoms with Crippen LogP contribution in [-0.2, 0) is 25.7 Å². The molecule has 0 spiro atoms. The van der Waals surface area contributed by atoms with E-state index in [2.05, 4.69) is 4.74 Å². The lowest BCUT2D eigenvalue weighted by molar-refractivity contribution is -0.163. The fraction of sp³-hybridized carbons (Fsp3) is 0.385. The molecule has 0 fully saturated rings. The first kappa shape index (κ1) is 13.4. The van der Waals surface area contributed by atoms with Crippen molar-refractivity contribution in [3.8, 4) is 0 Å². The maximum atomic E-state index is 11.2. The molecule has 1 aromatic rings. The van der Waals surface area contributed by atoms with Gasteiger partial charge in [0, 0.05) is 6.42 Å². The van der Waals surface area contributed by atoms with Crippen LogP contribution in [0.25, 0.3) is 0 Å². The van der Waals surface area contributed by atoms with Crippen molar-refractivity contribution < 1.29 is 19.1 Å². The molecule has 0 aliphatic carbocycles. The summed E-state index contributed by atoms with van der Waals surface area (Å²) in [4.78, 5) is 22.1. The van der Waals surface area contributed by atoms with Crippen LogP contribution < -0.4 is 0 Å². The molecule has 0 amide bonds. The van der Waals surface area contributed by atoms with E-state index in [1.807, 2.05) is 37.3 Å².